The number of benzene rings is 2. The smallest absolute Gasteiger partial charge is 0.281 e. The van der Waals surface area contributed by atoms with Gasteiger partial charge in [-0.2, -0.15) is 0 Å². The number of carbonyl (C=O) groups is 1. The number of ether oxygens (including phenoxy) is 2. The molecule has 0 aromatic heterocycles. The molecule has 0 aliphatic carbocycles. The lowest BCUT2D eigenvalue weighted by molar-refractivity contribution is -0.113. The molecule has 2 aliphatic rings. The van der Waals surface area contributed by atoms with Crippen LogP contribution in [0.25, 0.3) is 6.08 Å². The van der Waals surface area contributed by atoms with Crippen molar-refractivity contribution in [2.24, 2.45) is 0 Å². The Morgan fingerprint density at radius 1 is 1.17 bits per heavy atom. The van der Waals surface area contributed by atoms with Crippen molar-refractivity contribution in [3.63, 3.8) is 0 Å². The molecule has 24 heavy (non-hydrogen) atoms. The topological polar surface area (TPSA) is 50.8 Å². The lowest BCUT2D eigenvalue weighted by atomic mass is 10.1. The van der Waals surface area contributed by atoms with E-state index in [-0.39, 0.29) is 23.3 Å². The van der Waals surface area contributed by atoms with E-state index in [9.17, 15) is 9.18 Å². The number of anilines is 1. The third kappa shape index (κ3) is 2.30. The fraction of sp³-hybridized carbons (Fsp3) is 0.0588. The predicted molar refractivity (Wildman–Crippen MR) is 90.2 cm³/mol. The van der Waals surface area contributed by atoms with Crippen LogP contribution in [0.5, 0.6) is 11.5 Å². The maximum Gasteiger partial charge on any atom is 0.281 e. The molecule has 2 heterocycles. The Morgan fingerprint density at radius 2 is 2.00 bits per heavy atom. The second-order valence-electron chi connectivity index (χ2n) is 5.16. The number of thiocarbonyl (C=S) groups is 1. The van der Waals surface area contributed by atoms with Gasteiger partial charge < -0.3 is 14.8 Å². The van der Waals surface area contributed by atoms with Gasteiger partial charge in [-0.3, -0.25) is 4.79 Å². The molecule has 0 saturated carbocycles. The van der Waals surface area contributed by atoms with E-state index in [1.165, 1.54) is 12.1 Å². The maximum absolute atomic E-state index is 14.0. The highest BCUT2D eigenvalue weighted by Gasteiger charge is 2.33. The van der Waals surface area contributed by atoms with Gasteiger partial charge in [0.15, 0.2) is 16.6 Å². The lowest BCUT2D eigenvalue weighted by Gasteiger charge is -2.14. The SMILES string of the molecule is O=C1/C(=C/c2cccc3c2OCO3)NC(=S)N1c1ccccc1F. The summed E-state index contributed by atoms with van der Waals surface area (Å²) in [6.07, 6.45) is 1.61. The number of carbonyl (C=O) groups excluding carboxylic acids is 1. The summed E-state index contributed by atoms with van der Waals surface area (Å²) in [5.74, 6) is 0.230. The molecule has 1 amide bonds. The summed E-state index contributed by atoms with van der Waals surface area (Å²) in [6.45, 7) is 0.136. The van der Waals surface area contributed by atoms with Gasteiger partial charge in [0.2, 0.25) is 6.79 Å². The van der Waals surface area contributed by atoms with E-state index >= 15 is 0 Å². The first kappa shape index (κ1) is 14.6. The molecule has 2 aromatic carbocycles. The van der Waals surface area contributed by atoms with Crippen LogP contribution in [0.3, 0.4) is 0 Å². The molecule has 5 nitrogen and oxygen atoms in total. The Hall–Kier alpha value is -2.93. The monoisotopic (exact) mass is 342 g/mol. The first-order valence-corrected chi connectivity index (χ1v) is 7.56. The average molecular weight is 342 g/mol. The van der Waals surface area contributed by atoms with Crippen LogP contribution < -0.4 is 19.7 Å². The Kier molecular flexibility index (Phi) is 3.42. The van der Waals surface area contributed by atoms with Crippen LogP contribution in [0.4, 0.5) is 10.1 Å². The van der Waals surface area contributed by atoms with Crippen molar-refractivity contribution in [1.29, 1.82) is 0 Å². The molecular weight excluding hydrogens is 331 g/mol. The van der Waals surface area contributed by atoms with Crippen molar-refractivity contribution in [3.05, 3.63) is 59.5 Å². The largest absolute Gasteiger partial charge is 0.454 e. The predicted octanol–water partition coefficient (Wildman–Crippen LogP) is 2.82. The van der Waals surface area contributed by atoms with Gasteiger partial charge in [0, 0.05) is 5.56 Å². The number of nitrogens with zero attached hydrogens (tertiary/aromatic N) is 1. The molecule has 1 fully saturated rings. The molecule has 7 heteroatoms. The van der Waals surface area contributed by atoms with Crippen molar-refractivity contribution in [2.75, 3.05) is 11.7 Å². The van der Waals surface area contributed by atoms with Crippen LogP contribution in [0, 0.1) is 5.82 Å². The number of nitrogens with one attached hydrogen (secondary N) is 1. The van der Waals surface area contributed by atoms with Gasteiger partial charge in [0.25, 0.3) is 5.91 Å². The molecule has 0 spiro atoms. The van der Waals surface area contributed by atoms with E-state index < -0.39 is 11.7 Å². The number of fused-ring (bicyclic) bond motifs is 1. The minimum atomic E-state index is -0.520. The number of para-hydroxylation sites is 2. The Morgan fingerprint density at radius 3 is 2.83 bits per heavy atom. The van der Waals surface area contributed by atoms with Gasteiger partial charge in [0.1, 0.15) is 11.5 Å². The zero-order chi connectivity index (χ0) is 16.7. The van der Waals surface area contributed by atoms with Gasteiger partial charge in [-0.25, -0.2) is 9.29 Å². The minimum Gasteiger partial charge on any atom is -0.454 e. The molecular formula is C17H11FN2O3S. The van der Waals surface area contributed by atoms with Crippen molar-refractivity contribution in [1.82, 2.24) is 5.32 Å². The van der Waals surface area contributed by atoms with Gasteiger partial charge in [-0.15, -0.1) is 0 Å². The highest BCUT2D eigenvalue weighted by molar-refractivity contribution is 7.80. The molecule has 1 N–H and O–H groups in total. The van der Waals surface area contributed by atoms with Crippen molar-refractivity contribution >= 4 is 35.0 Å². The van der Waals surface area contributed by atoms with E-state index in [2.05, 4.69) is 5.32 Å². The second kappa shape index (κ2) is 5.61. The lowest BCUT2D eigenvalue weighted by Crippen LogP contribution is -2.31. The molecule has 1 saturated heterocycles. The zero-order valence-corrected chi connectivity index (χ0v) is 13.1. The summed E-state index contributed by atoms with van der Waals surface area (Å²) in [5.41, 5.74) is 1.03. The van der Waals surface area contributed by atoms with Gasteiger partial charge in [-0.1, -0.05) is 24.3 Å². The summed E-state index contributed by atoms with van der Waals surface area (Å²) >= 11 is 5.18. The second-order valence-corrected chi connectivity index (χ2v) is 5.55. The van der Waals surface area contributed by atoms with Crippen LogP contribution in [0.2, 0.25) is 0 Å². The molecule has 4 rings (SSSR count). The van der Waals surface area contributed by atoms with Gasteiger partial charge in [0.05, 0.1) is 5.69 Å². The van der Waals surface area contributed by atoms with Crippen LogP contribution in [0.15, 0.2) is 48.2 Å². The Labute approximate surface area is 142 Å². The van der Waals surface area contributed by atoms with E-state index in [0.29, 0.717) is 17.1 Å². The van der Waals surface area contributed by atoms with Crippen LogP contribution in [0.1, 0.15) is 5.56 Å². The van der Waals surface area contributed by atoms with Crippen LogP contribution in [-0.2, 0) is 4.79 Å². The summed E-state index contributed by atoms with van der Waals surface area (Å²) in [4.78, 5) is 13.8. The number of halogens is 1. The van der Waals surface area contributed by atoms with E-state index in [1.807, 2.05) is 0 Å². The third-order valence-electron chi connectivity index (χ3n) is 3.70. The number of rotatable bonds is 2. The standard InChI is InChI=1S/C17H11FN2O3S/c18-11-5-1-2-6-13(11)20-16(21)12(19-17(20)24)8-10-4-3-7-14-15(10)23-9-22-14/h1-8H,9H2,(H,19,24)/b12-8-. The third-order valence-corrected chi connectivity index (χ3v) is 3.98. The van der Waals surface area contributed by atoms with Crippen molar-refractivity contribution in [3.8, 4) is 11.5 Å². The van der Waals surface area contributed by atoms with E-state index in [0.717, 1.165) is 4.90 Å². The fourth-order valence-electron chi connectivity index (χ4n) is 2.61. The van der Waals surface area contributed by atoms with Crippen LogP contribution in [-0.4, -0.2) is 17.8 Å². The molecule has 0 bridgehead atoms. The van der Waals surface area contributed by atoms with Gasteiger partial charge >= 0.3 is 0 Å². The molecule has 0 atom stereocenters. The van der Waals surface area contributed by atoms with E-state index in [4.69, 9.17) is 21.7 Å². The molecule has 0 radical (unpaired) electrons. The zero-order valence-electron chi connectivity index (χ0n) is 12.3. The Bertz CT molecular complexity index is 897. The normalized spacial score (nSPS) is 17.5. The van der Waals surface area contributed by atoms with Gasteiger partial charge in [-0.05, 0) is 36.5 Å². The van der Waals surface area contributed by atoms with Crippen LogP contribution >= 0.6 is 12.2 Å². The fourth-order valence-corrected chi connectivity index (χ4v) is 2.90. The average Bonchev–Trinajstić information content (AvgIpc) is 3.15. The first-order chi connectivity index (χ1) is 11.6. The quantitative estimate of drug-likeness (QED) is 0.672. The first-order valence-electron chi connectivity index (χ1n) is 7.15. The molecule has 0 unspecified atom stereocenters. The highest BCUT2D eigenvalue weighted by atomic mass is 32.1. The summed E-state index contributed by atoms with van der Waals surface area (Å²) in [7, 11) is 0. The number of hydrogen-bond acceptors (Lipinski definition) is 4. The summed E-state index contributed by atoms with van der Waals surface area (Å²) in [5, 5.41) is 2.95. The molecule has 2 aromatic rings. The van der Waals surface area contributed by atoms with E-state index in [1.54, 1.807) is 36.4 Å². The maximum atomic E-state index is 14.0. The number of hydrogen-bond donors (Lipinski definition) is 1. The van der Waals surface area contributed by atoms with Crippen molar-refractivity contribution in [2.45, 2.75) is 0 Å². The molecule has 2 aliphatic heterocycles. The summed E-state index contributed by atoms with van der Waals surface area (Å²) in [6, 6.07) is 11.4. The minimum absolute atomic E-state index is 0.112. The number of amides is 1. The Balaban J connectivity index is 1.72. The van der Waals surface area contributed by atoms with Crippen molar-refractivity contribution < 1.29 is 18.7 Å². The highest BCUT2D eigenvalue weighted by Crippen LogP contribution is 2.37. The summed E-state index contributed by atoms with van der Waals surface area (Å²) < 4.78 is 24.7. The molecule has 120 valence electrons.